The van der Waals surface area contributed by atoms with E-state index >= 15 is 0 Å². The summed E-state index contributed by atoms with van der Waals surface area (Å²) >= 11 is 0. The first kappa shape index (κ1) is 22.8. The number of carbonyl (C=O) groups is 2. The Morgan fingerprint density at radius 2 is 1.81 bits per heavy atom. The zero-order valence-corrected chi connectivity index (χ0v) is 17.7. The molecular formula is C24H27F3N2O2. The Morgan fingerprint density at radius 3 is 2.45 bits per heavy atom. The van der Waals surface area contributed by atoms with E-state index in [1.54, 1.807) is 23.1 Å². The van der Waals surface area contributed by atoms with Crippen LogP contribution in [0.2, 0.25) is 0 Å². The van der Waals surface area contributed by atoms with Crippen LogP contribution >= 0.6 is 0 Å². The fourth-order valence-electron chi connectivity index (χ4n) is 3.92. The van der Waals surface area contributed by atoms with Crippen molar-refractivity contribution in [3.8, 4) is 0 Å². The van der Waals surface area contributed by atoms with Crippen molar-refractivity contribution in [2.45, 2.75) is 38.8 Å². The highest BCUT2D eigenvalue weighted by Crippen LogP contribution is 2.37. The third kappa shape index (κ3) is 5.46. The van der Waals surface area contributed by atoms with Crippen LogP contribution in [0, 0.1) is 12.8 Å². The van der Waals surface area contributed by atoms with E-state index in [1.165, 1.54) is 6.07 Å². The topological polar surface area (TPSA) is 49.4 Å². The summed E-state index contributed by atoms with van der Waals surface area (Å²) in [5, 5.41) is 2.88. The maximum atomic E-state index is 13.2. The highest BCUT2D eigenvalue weighted by Gasteiger charge is 2.41. The number of hydrogen-bond donors (Lipinski definition) is 1. The Labute approximate surface area is 180 Å². The van der Waals surface area contributed by atoms with Crippen molar-refractivity contribution < 1.29 is 22.8 Å². The highest BCUT2D eigenvalue weighted by atomic mass is 19.4. The Morgan fingerprint density at radius 1 is 1.10 bits per heavy atom. The molecule has 166 valence electrons. The second-order valence-electron chi connectivity index (χ2n) is 8.06. The number of benzene rings is 2. The van der Waals surface area contributed by atoms with Crippen molar-refractivity contribution in [1.29, 1.82) is 0 Å². The number of carbonyl (C=O) groups excluding carboxylic acids is 2. The Hall–Kier alpha value is -2.83. The van der Waals surface area contributed by atoms with Gasteiger partial charge >= 0.3 is 6.18 Å². The molecule has 2 aromatic carbocycles. The molecule has 0 radical (unpaired) electrons. The fraction of sp³-hybridized carbons (Fsp3) is 0.417. The van der Waals surface area contributed by atoms with E-state index in [4.69, 9.17) is 0 Å². The summed E-state index contributed by atoms with van der Waals surface area (Å²) in [7, 11) is 0. The third-order valence-electron chi connectivity index (χ3n) is 5.71. The van der Waals surface area contributed by atoms with Gasteiger partial charge in [0.25, 0.3) is 5.91 Å². The summed E-state index contributed by atoms with van der Waals surface area (Å²) in [6, 6.07) is 12.2. The molecule has 7 heteroatoms. The number of hydrogen-bond acceptors (Lipinski definition) is 2. The molecule has 3 rings (SSSR count). The zero-order valence-electron chi connectivity index (χ0n) is 17.7. The second kappa shape index (κ2) is 9.54. The van der Waals surface area contributed by atoms with Gasteiger partial charge in [-0.05, 0) is 37.1 Å². The summed E-state index contributed by atoms with van der Waals surface area (Å²) < 4.78 is 39.7. The highest BCUT2D eigenvalue weighted by molar-refractivity contribution is 5.95. The molecule has 31 heavy (non-hydrogen) atoms. The van der Waals surface area contributed by atoms with Crippen LogP contribution in [0.25, 0.3) is 0 Å². The molecule has 0 spiro atoms. The molecule has 0 saturated carbocycles. The summed E-state index contributed by atoms with van der Waals surface area (Å²) in [4.78, 5) is 27.4. The van der Waals surface area contributed by atoms with Crippen molar-refractivity contribution in [2.24, 2.45) is 5.92 Å². The minimum atomic E-state index is -4.47. The molecule has 2 amide bonds. The monoisotopic (exact) mass is 432 g/mol. The smallest absolute Gasteiger partial charge is 0.356 e. The number of nitrogens with one attached hydrogen (secondary N) is 1. The van der Waals surface area contributed by atoms with Gasteiger partial charge in [0.15, 0.2) is 0 Å². The van der Waals surface area contributed by atoms with E-state index < -0.39 is 23.6 Å². The van der Waals surface area contributed by atoms with E-state index in [9.17, 15) is 22.8 Å². The minimum Gasteiger partial charge on any atom is -0.356 e. The predicted octanol–water partition coefficient (Wildman–Crippen LogP) is 4.79. The summed E-state index contributed by atoms with van der Waals surface area (Å²) in [5.74, 6) is -1.55. The normalized spacial score (nSPS) is 18.8. The molecule has 1 fully saturated rings. The van der Waals surface area contributed by atoms with Crippen molar-refractivity contribution in [1.82, 2.24) is 10.2 Å². The minimum absolute atomic E-state index is 0.172. The van der Waals surface area contributed by atoms with E-state index in [0.29, 0.717) is 17.7 Å². The molecule has 2 aromatic rings. The van der Waals surface area contributed by atoms with Gasteiger partial charge in [-0.15, -0.1) is 0 Å². The molecule has 1 saturated heterocycles. The van der Waals surface area contributed by atoms with Crippen molar-refractivity contribution >= 4 is 11.8 Å². The second-order valence-corrected chi connectivity index (χ2v) is 8.06. The third-order valence-corrected chi connectivity index (χ3v) is 5.71. The van der Waals surface area contributed by atoms with Crippen molar-refractivity contribution in [2.75, 3.05) is 19.6 Å². The number of aryl methyl sites for hydroxylation is 1. The molecule has 0 aliphatic carbocycles. The number of nitrogens with zero attached hydrogens (tertiary/aromatic N) is 1. The Balaban J connectivity index is 1.88. The van der Waals surface area contributed by atoms with Crippen LogP contribution in [-0.2, 0) is 11.0 Å². The molecule has 2 atom stereocenters. The van der Waals surface area contributed by atoms with Crippen molar-refractivity contribution in [3.05, 3.63) is 70.8 Å². The largest absolute Gasteiger partial charge is 0.416 e. The molecule has 1 heterocycles. The van der Waals surface area contributed by atoms with Gasteiger partial charge in [0.2, 0.25) is 5.91 Å². The van der Waals surface area contributed by atoms with Crippen LogP contribution in [0.5, 0.6) is 0 Å². The quantitative estimate of drug-likeness (QED) is 0.668. The van der Waals surface area contributed by atoms with Gasteiger partial charge in [-0.2, -0.15) is 13.2 Å². The predicted molar refractivity (Wildman–Crippen MR) is 113 cm³/mol. The molecule has 1 aliphatic heterocycles. The van der Waals surface area contributed by atoms with Gasteiger partial charge < -0.3 is 10.2 Å². The maximum Gasteiger partial charge on any atom is 0.416 e. The molecule has 1 aliphatic rings. The molecule has 1 N–H and O–H groups in total. The van der Waals surface area contributed by atoms with Gasteiger partial charge in [-0.3, -0.25) is 9.59 Å². The van der Waals surface area contributed by atoms with Gasteiger partial charge in [-0.25, -0.2) is 0 Å². The number of halogens is 3. The number of rotatable bonds is 6. The zero-order chi connectivity index (χ0) is 22.6. The van der Waals surface area contributed by atoms with Crippen molar-refractivity contribution in [3.63, 3.8) is 0 Å². The van der Waals surface area contributed by atoms with Crippen LogP contribution in [0.1, 0.15) is 52.7 Å². The first-order valence-electron chi connectivity index (χ1n) is 10.5. The van der Waals surface area contributed by atoms with Crippen LogP contribution in [0.4, 0.5) is 13.2 Å². The van der Waals surface area contributed by atoms with Gasteiger partial charge in [0.05, 0.1) is 11.5 Å². The number of amides is 2. The van der Waals surface area contributed by atoms with Crippen LogP contribution in [0.3, 0.4) is 0 Å². The summed E-state index contributed by atoms with van der Waals surface area (Å²) in [6.45, 7) is 4.80. The van der Waals surface area contributed by atoms with Crippen LogP contribution < -0.4 is 5.32 Å². The molecule has 0 aromatic heterocycles. The molecule has 4 nitrogen and oxygen atoms in total. The maximum absolute atomic E-state index is 13.2. The van der Waals surface area contributed by atoms with Crippen LogP contribution in [0.15, 0.2) is 48.5 Å². The first-order valence-corrected chi connectivity index (χ1v) is 10.5. The standard InChI is InChI=1S/C24H27F3N2O2/c1-3-4-12-28-22(30)21-15-29(23(31)17-10-8-16(2)9-11-17)14-20(21)18-6-5-7-19(13-18)24(25,26)27/h5-11,13,20-21H,3-4,12,14-15H2,1-2H3,(H,28,30)/t20-,21-/m1/s1. The van der Waals surface area contributed by atoms with Gasteiger partial charge in [-0.1, -0.05) is 49.2 Å². The van der Waals surface area contributed by atoms with Gasteiger partial charge in [0, 0.05) is 31.1 Å². The van der Waals surface area contributed by atoms with E-state index in [0.717, 1.165) is 30.5 Å². The fourth-order valence-corrected chi connectivity index (χ4v) is 3.92. The lowest BCUT2D eigenvalue weighted by molar-refractivity contribution is -0.137. The lowest BCUT2D eigenvalue weighted by Gasteiger charge is -2.19. The summed E-state index contributed by atoms with van der Waals surface area (Å²) in [6.07, 6.45) is -2.73. The van der Waals surface area contributed by atoms with Crippen LogP contribution in [-0.4, -0.2) is 36.3 Å². The Bertz CT molecular complexity index is 925. The molecule has 0 bridgehead atoms. The lowest BCUT2D eigenvalue weighted by atomic mass is 9.87. The number of alkyl halides is 3. The average molecular weight is 432 g/mol. The van der Waals surface area contributed by atoms with E-state index in [1.807, 2.05) is 26.0 Å². The SMILES string of the molecule is CCCCNC(=O)[C@@H]1CN(C(=O)c2ccc(C)cc2)C[C@@H]1c1cccc(C(F)(F)F)c1. The Kier molecular flexibility index (Phi) is 7.03. The summed E-state index contributed by atoms with van der Waals surface area (Å²) in [5.41, 5.74) is 1.19. The molecule has 0 unspecified atom stereocenters. The van der Waals surface area contributed by atoms with Gasteiger partial charge in [0.1, 0.15) is 0 Å². The first-order chi connectivity index (χ1) is 14.7. The molecular weight excluding hydrogens is 405 g/mol. The lowest BCUT2D eigenvalue weighted by Crippen LogP contribution is -2.36. The number of unbranched alkanes of at least 4 members (excludes halogenated alkanes) is 1. The van der Waals surface area contributed by atoms with E-state index in [-0.39, 0.29) is 24.9 Å². The number of likely N-dealkylation sites (tertiary alicyclic amines) is 1. The van der Waals surface area contributed by atoms with E-state index in [2.05, 4.69) is 5.32 Å². The average Bonchev–Trinajstić information content (AvgIpc) is 3.19.